The summed E-state index contributed by atoms with van der Waals surface area (Å²) in [6, 6.07) is 17.1. The van der Waals surface area contributed by atoms with Crippen molar-refractivity contribution in [1.29, 1.82) is 0 Å². The van der Waals surface area contributed by atoms with Crippen LogP contribution in [0.1, 0.15) is 36.5 Å². The van der Waals surface area contributed by atoms with Crippen LogP contribution in [0, 0.1) is 5.92 Å². The fourth-order valence-electron chi connectivity index (χ4n) is 5.14. The molecule has 1 aliphatic carbocycles. The van der Waals surface area contributed by atoms with Crippen LogP contribution in [-0.4, -0.2) is 30.1 Å². The molecule has 1 fully saturated rings. The molecule has 1 atom stereocenters. The first kappa shape index (κ1) is 20.5. The van der Waals surface area contributed by atoms with E-state index in [2.05, 4.69) is 60.4 Å². The molecule has 0 bridgehead atoms. The quantitative estimate of drug-likeness (QED) is 0.465. The molecule has 1 aliphatic heterocycles. The summed E-state index contributed by atoms with van der Waals surface area (Å²) < 4.78 is 5.68. The number of methoxy groups -OCH3 is 1. The Balaban J connectivity index is 1.50. The van der Waals surface area contributed by atoms with E-state index >= 15 is 0 Å². The number of benzene rings is 2. The molecule has 0 N–H and O–H groups in total. The van der Waals surface area contributed by atoms with E-state index in [-0.39, 0.29) is 0 Å². The lowest BCUT2D eigenvalue weighted by Crippen LogP contribution is -2.20. The van der Waals surface area contributed by atoms with Gasteiger partial charge >= 0.3 is 0 Å². The van der Waals surface area contributed by atoms with Crippen LogP contribution >= 0.6 is 11.6 Å². The van der Waals surface area contributed by atoms with Crippen molar-refractivity contribution in [3.8, 4) is 28.3 Å². The summed E-state index contributed by atoms with van der Waals surface area (Å²) in [5, 5.41) is 0.762. The fourth-order valence-corrected chi connectivity index (χ4v) is 5.46. The highest BCUT2D eigenvalue weighted by Crippen LogP contribution is 2.40. The summed E-state index contributed by atoms with van der Waals surface area (Å²) in [5.41, 5.74) is 8.20. The third-order valence-electron chi connectivity index (χ3n) is 6.75. The topological polar surface area (TPSA) is 25.4 Å². The van der Waals surface area contributed by atoms with Gasteiger partial charge in [-0.3, -0.25) is 4.90 Å². The van der Waals surface area contributed by atoms with Crippen LogP contribution in [0.25, 0.3) is 22.4 Å². The maximum atomic E-state index is 6.98. The second-order valence-electron chi connectivity index (χ2n) is 8.96. The van der Waals surface area contributed by atoms with Gasteiger partial charge in [0.1, 0.15) is 0 Å². The number of aromatic nitrogens is 1. The highest BCUT2D eigenvalue weighted by Gasteiger charge is 2.22. The van der Waals surface area contributed by atoms with Crippen LogP contribution in [0.4, 0.5) is 0 Å². The van der Waals surface area contributed by atoms with E-state index in [0.717, 1.165) is 65.8 Å². The molecule has 4 heteroatoms. The normalized spacial score (nSPS) is 18.4. The molecule has 2 aromatic carbocycles. The summed E-state index contributed by atoms with van der Waals surface area (Å²) in [6.45, 7) is 5.47. The van der Waals surface area contributed by atoms with Gasteiger partial charge in [0.2, 0.25) is 5.88 Å². The second-order valence-corrected chi connectivity index (χ2v) is 9.34. The fraction of sp³-hybridized carbons (Fsp3) is 0.370. The zero-order valence-corrected chi connectivity index (χ0v) is 19.1. The molecule has 0 amide bonds. The minimum atomic E-state index is 0.694. The summed E-state index contributed by atoms with van der Waals surface area (Å²) in [5.74, 6) is 1.46. The standard InChI is InChI=1S/C27H29ClN2O/c1-18-14-15-30(16-18)17-20-12-13-25(29-27(20)31-2)24-11-5-10-23(26(24)28)22-9-4-7-19-6-3-8-21(19)22/h4-5,7,9-13,18H,3,6,8,14-17H2,1-2H3. The number of likely N-dealkylation sites (tertiary alicyclic amines) is 1. The molecule has 0 saturated carbocycles. The summed E-state index contributed by atoms with van der Waals surface area (Å²) in [4.78, 5) is 7.34. The van der Waals surface area contributed by atoms with E-state index in [0.29, 0.717) is 5.88 Å². The van der Waals surface area contributed by atoms with E-state index in [4.69, 9.17) is 21.3 Å². The molecular weight excluding hydrogens is 404 g/mol. The van der Waals surface area contributed by atoms with Crippen LogP contribution in [0.15, 0.2) is 48.5 Å². The molecule has 1 aromatic heterocycles. The molecule has 2 aliphatic rings. The smallest absolute Gasteiger partial charge is 0.218 e. The average molecular weight is 433 g/mol. The number of hydrogen-bond donors (Lipinski definition) is 0. The summed E-state index contributed by atoms with van der Waals surface area (Å²) >= 11 is 6.98. The van der Waals surface area contributed by atoms with Crippen molar-refractivity contribution in [2.75, 3.05) is 20.2 Å². The summed E-state index contributed by atoms with van der Waals surface area (Å²) in [6.07, 6.45) is 4.78. The number of fused-ring (bicyclic) bond motifs is 1. The van der Waals surface area contributed by atoms with Gasteiger partial charge in [-0.05, 0) is 60.9 Å². The molecule has 3 aromatic rings. The minimum Gasteiger partial charge on any atom is -0.481 e. The Bertz CT molecular complexity index is 1110. The number of rotatable bonds is 5. The molecule has 160 valence electrons. The Hall–Kier alpha value is -2.36. The molecule has 0 spiro atoms. The summed E-state index contributed by atoms with van der Waals surface area (Å²) in [7, 11) is 1.70. The van der Waals surface area contributed by atoms with Gasteiger partial charge in [0.15, 0.2) is 0 Å². The Morgan fingerprint density at radius 2 is 1.84 bits per heavy atom. The van der Waals surface area contributed by atoms with Gasteiger partial charge in [-0.2, -0.15) is 0 Å². The molecular formula is C27H29ClN2O. The van der Waals surface area contributed by atoms with Crippen LogP contribution < -0.4 is 4.74 Å². The lowest BCUT2D eigenvalue weighted by molar-refractivity contribution is 0.308. The van der Waals surface area contributed by atoms with Gasteiger partial charge in [-0.1, -0.05) is 61.0 Å². The van der Waals surface area contributed by atoms with Crippen LogP contribution in [0.5, 0.6) is 5.88 Å². The van der Waals surface area contributed by atoms with E-state index in [1.165, 1.54) is 29.5 Å². The Labute approximate surface area is 190 Å². The number of nitrogens with zero attached hydrogens (tertiary/aromatic N) is 2. The van der Waals surface area contributed by atoms with Gasteiger partial charge < -0.3 is 4.74 Å². The molecule has 5 rings (SSSR count). The van der Waals surface area contributed by atoms with Crippen molar-refractivity contribution in [1.82, 2.24) is 9.88 Å². The lowest BCUT2D eigenvalue weighted by atomic mass is 9.95. The van der Waals surface area contributed by atoms with Gasteiger partial charge in [-0.15, -0.1) is 0 Å². The number of pyridine rings is 1. The van der Waals surface area contributed by atoms with Crippen molar-refractivity contribution in [3.63, 3.8) is 0 Å². The molecule has 3 nitrogen and oxygen atoms in total. The number of hydrogen-bond acceptors (Lipinski definition) is 3. The first-order valence-corrected chi connectivity index (χ1v) is 11.7. The van der Waals surface area contributed by atoms with Crippen molar-refractivity contribution >= 4 is 11.6 Å². The van der Waals surface area contributed by atoms with Crippen molar-refractivity contribution in [3.05, 3.63) is 70.2 Å². The highest BCUT2D eigenvalue weighted by molar-refractivity contribution is 6.36. The Morgan fingerprint density at radius 3 is 2.65 bits per heavy atom. The zero-order chi connectivity index (χ0) is 21.4. The molecule has 31 heavy (non-hydrogen) atoms. The van der Waals surface area contributed by atoms with E-state index in [9.17, 15) is 0 Å². The van der Waals surface area contributed by atoms with Crippen LogP contribution in [0.3, 0.4) is 0 Å². The first-order chi connectivity index (χ1) is 15.1. The lowest BCUT2D eigenvalue weighted by Gasteiger charge is -2.18. The first-order valence-electron chi connectivity index (χ1n) is 11.3. The third-order valence-corrected chi connectivity index (χ3v) is 7.15. The van der Waals surface area contributed by atoms with Gasteiger partial charge in [-0.25, -0.2) is 4.98 Å². The van der Waals surface area contributed by atoms with Crippen LogP contribution in [0.2, 0.25) is 5.02 Å². The Kier molecular flexibility index (Phi) is 5.73. The number of ether oxygens (including phenoxy) is 1. The average Bonchev–Trinajstić information content (AvgIpc) is 3.43. The molecule has 1 unspecified atom stereocenters. The maximum Gasteiger partial charge on any atom is 0.218 e. The van der Waals surface area contributed by atoms with E-state index in [1.54, 1.807) is 7.11 Å². The molecule has 2 heterocycles. The predicted octanol–water partition coefficient (Wildman–Crippen LogP) is 6.41. The van der Waals surface area contributed by atoms with Crippen molar-refractivity contribution < 1.29 is 4.74 Å². The van der Waals surface area contributed by atoms with Gasteiger partial charge in [0.25, 0.3) is 0 Å². The van der Waals surface area contributed by atoms with Crippen LogP contribution in [-0.2, 0) is 19.4 Å². The highest BCUT2D eigenvalue weighted by atomic mass is 35.5. The molecule has 1 saturated heterocycles. The minimum absolute atomic E-state index is 0.694. The Morgan fingerprint density at radius 1 is 1.03 bits per heavy atom. The largest absolute Gasteiger partial charge is 0.481 e. The monoisotopic (exact) mass is 432 g/mol. The number of halogens is 1. The predicted molar refractivity (Wildman–Crippen MR) is 128 cm³/mol. The van der Waals surface area contributed by atoms with Crippen molar-refractivity contribution in [2.24, 2.45) is 5.92 Å². The second kappa shape index (κ2) is 8.64. The van der Waals surface area contributed by atoms with Gasteiger partial charge in [0, 0.05) is 29.8 Å². The van der Waals surface area contributed by atoms with E-state index < -0.39 is 0 Å². The molecule has 0 radical (unpaired) electrons. The van der Waals surface area contributed by atoms with E-state index in [1.807, 2.05) is 0 Å². The number of aryl methyl sites for hydroxylation is 1. The maximum absolute atomic E-state index is 6.98. The SMILES string of the molecule is COc1nc(-c2cccc(-c3cccc4c3CCC4)c2Cl)ccc1CN1CCC(C)C1. The van der Waals surface area contributed by atoms with Crippen molar-refractivity contribution in [2.45, 2.75) is 39.2 Å². The zero-order valence-electron chi connectivity index (χ0n) is 18.3. The van der Waals surface area contributed by atoms with Gasteiger partial charge in [0.05, 0.1) is 17.8 Å². The third kappa shape index (κ3) is 3.97.